The van der Waals surface area contributed by atoms with Crippen LogP contribution < -0.4 is 5.32 Å². The van der Waals surface area contributed by atoms with Gasteiger partial charge in [0.05, 0.1) is 11.7 Å². The van der Waals surface area contributed by atoms with Crippen LogP contribution in [0.15, 0.2) is 16.4 Å². The lowest BCUT2D eigenvalue weighted by molar-refractivity contribution is 0.741. The average molecular weight is 124 g/mol. The van der Waals surface area contributed by atoms with Crippen molar-refractivity contribution in [1.29, 1.82) is 0 Å². The summed E-state index contributed by atoms with van der Waals surface area (Å²) in [6.45, 7) is 6.13. The van der Waals surface area contributed by atoms with E-state index in [4.69, 9.17) is 0 Å². The monoisotopic (exact) mass is 124 g/mol. The summed E-state index contributed by atoms with van der Waals surface area (Å²) >= 11 is 0. The minimum absolute atomic E-state index is 0.397. The standard InChI is InChI=1S/C7H12N2/c1-5-4-8-6(2)7(3)9-5/h4-5,9H,1-3H3. The lowest BCUT2D eigenvalue weighted by Gasteiger charge is -2.16. The number of nitrogens with zero attached hydrogens (tertiary/aromatic N) is 1. The maximum absolute atomic E-state index is 4.18. The lowest BCUT2D eigenvalue weighted by atomic mass is 10.2. The molecule has 0 aromatic rings. The zero-order valence-electron chi connectivity index (χ0n) is 6.10. The Morgan fingerprint density at radius 2 is 2.22 bits per heavy atom. The number of allylic oxidation sites excluding steroid dienone is 2. The van der Waals surface area contributed by atoms with Gasteiger partial charge in [0.2, 0.25) is 0 Å². The first-order valence-electron chi connectivity index (χ1n) is 3.18. The molecule has 0 aliphatic carbocycles. The lowest BCUT2D eigenvalue weighted by Crippen LogP contribution is -2.28. The van der Waals surface area contributed by atoms with Crippen LogP contribution in [-0.2, 0) is 0 Å². The molecule has 0 bridgehead atoms. The molecule has 1 rings (SSSR count). The summed E-state index contributed by atoms with van der Waals surface area (Å²) < 4.78 is 0. The fourth-order valence-electron chi connectivity index (χ4n) is 0.804. The van der Waals surface area contributed by atoms with Crippen molar-refractivity contribution in [1.82, 2.24) is 5.32 Å². The third-order valence-electron chi connectivity index (χ3n) is 1.48. The van der Waals surface area contributed by atoms with Gasteiger partial charge in [0.25, 0.3) is 0 Å². The Hall–Kier alpha value is -0.790. The van der Waals surface area contributed by atoms with E-state index in [0.717, 1.165) is 5.70 Å². The molecule has 1 unspecified atom stereocenters. The molecular formula is C7H12N2. The van der Waals surface area contributed by atoms with Crippen molar-refractivity contribution in [3.8, 4) is 0 Å². The maximum atomic E-state index is 4.18. The van der Waals surface area contributed by atoms with Gasteiger partial charge in [-0.05, 0) is 20.8 Å². The summed E-state index contributed by atoms with van der Waals surface area (Å²) in [7, 11) is 0. The summed E-state index contributed by atoms with van der Waals surface area (Å²) in [5.74, 6) is 0. The van der Waals surface area contributed by atoms with Crippen LogP contribution in [0.25, 0.3) is 0 Å². The second kappa shape index (κ2) is 2.21. The van der Waals surface area contributed by atoms with Crippen LogP contribution in [0, 0.1) is 0 Å². The van der Waals surface area contributed by atoms with E-state index in [2.05, 4.69) is 17.2 Å². The Morgan fingerprint density at radius 3 is 2.67 bits per heavy atom. The third-order valence-corrected chi connectivity index (χ3v) is 1.48. The highest BCUT2D eigenvalue weighted by molar-refractivity contribution is 5.67. The molecular weight excluding hydrogens is 112 g/mol. The molecule has 0 aromatic heterocycles. The fraction of sp³-hybridized carbons (Fsp3) is 0.571. The molecule has 1 N–H and O–H groups in total. The zero-order valence-corrected chi connectivity index (χ0v) is 6.10. The predicted molar refractivity (Wildman–Crippen MR) is 39.5 cm³/mol. The van der Waals surface area contributed by atoms with E-state index in [1.165, 1.54) is 5.70 Å². The van der Waals surface area contributed by atoms with Crippen LogP contribution in [0.3, 0.4) is 0 Å². The first kappa shape index (κ1) is 6.33. The molecule has 0 saturated carbocycles. The first-order valence-corrected chi connectivity index (χ1v) is 3.18. The number of rotatable bonds is 0. The van der Waals surface area contributed by atoms with Crippen molar-refractivity contribution in [2.75, 3.05) is 0 Å². The molecule has 0 saturated heterocycles. The van der Waals surface area contributed by atoms with Gasteiger partial charge in [-0.1, -0.05) is 0 Å². The van der Waals surface area contributed by atoms with Crippen molar-refractivity contribution in [2.24, 2.45) is 4.99 Å². The zero-order chi connectivity index (χ0) is 6.85. The van der Waals surface area contributed by atoms with Crippen molar-refractivity contribution in [3.05, 3.63) is 11.4 Å². The van der Waals surface area contributed by atoms with Gasteiger partial charge in [-0.15, -0.1) is 0 Å². The van der Waals surface area contributed by atoms with Crippen LogP contribution in [0.4, 0.5) is 0 Å². The van der Waals surface area contributed by atoms with Crippen molar-refractivity contribution in [2.45, 2.75) is 26.8 Å². The van der Waals surface area contributed by atoms with Gasteiger partial charge in [0.1, 0.15) is 0 Å². The largest absolute Gasteiger partial charge is 0.380 e. The van der Waals surface area contributed by atoms with Crippen molar-refractivity contribution >= 4 is 6.21 Å². The molecule has 2 heteroatoms. The Bertz CT molecular complexity index is 168. The van der Waals surface area contributed by atoms with Gasteiger partial charge in [0, 0.05) is 11.9 Å². The summed E-state index contributed by atoms with van der Waals surface area (Å²) in [4.78, 5) is 4.18. The highest BCUT2D eigenvalue weighted by Gasteiger charge is 2.04. The van der Waals surface area contributed by atoms with E-state index in [9.17, 15) is 0 Å². The molecule has 1 aliphatic rings. The number of aliphatic imine (C=N–C) groups is 1. The first-order chi connectivity index (χ1) is 4.20. The maximum Gasteiger partial charge on any atom is 0.0585 e. The smallest absolute Gasteiger partial charge is 0.0585 e. The second-order valence-electron chi connectivity index (χ2n) is 2.42. The molecule has 0 aromatic carbocycles. The van der Waals surface area contributed by atoms with Crippen LogP contribution in [-0.4, -0.2) is 12.3 Å². The van der Waals surface area contributed by atoms with Crippen LogP contribution >= 0.6 is 0 Å². The normalized spacial score (nSPS) is 26.3. The SMILES string of the molecule is CC1=C(C)NC(C)C=N1. The van der Waals surface area contributed by atoms with Crippen LogP contribution in [0.5, 0.6) is 0 Å². The van der Waals surface area contributed by atoms with E-state index in [-0.39, 0.29) is 0 Å². The van der Waals surface area contributed by atoms with E-state index < -0.39 is 0 Å². The minimum Gasteiger partial charge on any atom is -0.380 e. The molecule has 0 radical (unpaired) electrons. The fourth-order valence-corrected chi connectivity index (χ4v) is 0.804. The number of hydrogen-bond acceptors (Lipinski definition) is 2. The van der Waals surface area contributed by atoms with Gasteiger partial charge >= 0.3 is 0 Å². The molecule has 9 heavy (non-hydrogen) atoms. The number of hydrogen-bond donors (Lipinski definition) is 1. The average Bonchev–Trinajstić information content (AvgIpc) is 1.80. The van der Waals surface area contributed by atoms with Gasteiger partial charge in [-0.25, -0.2) is 0 Å². The van der Waals surface area contributed by atoms with Gasteiger partial charge < -0.3 is 5.32 Å². The molecule has 0 fully saturated rings. The molecule has 1 aliphatic heterocycles. The summed E-state index contributed by atoms with van der Waals surface area (Å²) in [6.07, 6.45) is 1.92. The number of nitrogens with one attached hydrogen (secondary N) is 1. The minimum atomic E-state index is 0.397. The summed E-state index contributed by atoms with van der Waals surface area (Å²) in [5, 5.41) is 3.26. The van der Waals surface area contributed by atoms with Crippen molar-refractivity contribution < 1.29 is 0 Å². The Labute approximate surface area is 55.7 Å². The molecule has 1 atom stereocenters. The highest BCUT2D eigenvalue weighted by Crippen LogP contribution is 2.05. The molecule has 0 amide bonds. The van der Waals surface area contributed by atoms with E-state index in [1.54, 1.807) is 0 Å². The van der Waals surface area contributed by atoms with Crippen LogP contribution in [0.1, 0.15) is 20.8 Å². The van der Waals surface area contributed by atoms with E-state index in [0.29, 0.717) is 6.04 Å². The summed E-state index contributed by atoms with van der Waals surface area (Å²) in [5.41, 5.74) is 2.28. The van der Waals surface area contributed by atoms with Gasteiger partial charge in [-0.3, -0.25) is 4.99 Å². The Balaban J connectivity index is 2.75. The van der Waals surface area contributed by atoms with Crippen molar-refractivity contribution in [3.63, 3.8) is 0 Å². The molecule has 50 valence electrons. The summed E-state index contributed by atoms with van der Waals surface area (Å²) in [6, 6.07) is 0.397. The predicted octanol–water partition coefficient (Wildman–Crippen LogP) is 1.30. The Morgan fingerprint density at radius 1 is 1.56 bits per heavy atom. The highest BCUT2D eigenvalue weighted by atomic mass is 15.0. The molecule has 1 heterocycles. The van der Waals surface area contributed by atoms with E-state index in [1.807, 2.05) is 20.1 Å². The topological polar surface area (TPSA) is 24.4 Å². The second-order valence-corrected chi connectivity index (χ2v) is 2.42. The van der Waals surface area contributed by atoms with Crippen LogP contribution in [0.2, 0.25) is 0 Å². The van der Waals surface area contributed by atoms with Gasteiger partial charge in [-0.2, -0.15) is 0 Å². The molecule has 2 nitrogen and oxygen atoms in total. The van der Waals surface area contributed by atoms with Gasteiger partial charge in [0.15, 0.2) is 0 Å². The van der Waals surface area contributed by atoms with E-state index >= 15 is 0 Å². The third kappa shape index (κ3) is 1.31. The molecule has 0 spiro atoms. The Kier molecular flexibility index (Phi) is 1.56. The quantitative estimate of drug-likeness (QED) is 0.517.